The first-order valence-corrected chi connectivity index (χ1v) is 8.37. The lowest BCUT2D eigenvalue weighted by Gasteiger charge is -2.30. The second-order valence-electron chi connectivity index (χ2n) is 6.78. The van der Waals surface area contributed by atoms with Crippen LogP contribution < -0.4 is 5.32 Å². The fourth-order valence-electron chi connectivity index (χ4n) is 3.49. The topological polar surface area (TPSA) is 15.3 Å². The molecule has 20 heavy (non-hydrogen) atoms. The second kappa shape index (κ2) is 6.62. The van der Waals surface area contributed by atoms with E-state index in [0.29, 0.717) is 6.04 Å². The van der Waals surface area contributed by atoms with Gasteiger partial charge in [0.05, 0.1) is 0 Å². The Labute approximate surface area is 123 Å². The van der Waals surface area contributed by atoms with Crippen molar-refractivity contribution >= 4 is 5.69 Å². The third-order valence-electron chi connectivity index (χ3n) is 4.96. The Morgan fingerprint density at radius 3 is 2.30 bits per heavy atom. The van der Waals surface area contributed by atoms with Crippen LogP contribution in [0.5, 0.6) is 0 Å². The molecule has 0 unspecified atom stereocenters. The molecule has 0 amide bonds. The zero-order valence-corrected chi connectivity index (χ0v) is 12.8. The van der Waals surface area contributed by atoms with E-state index >= 15 is 0 Å². The van der Waals surface area contributed by atoms with Crippen molar-refractivity contribution in [3.63, 3.8) is 0 Å². The number of benzene rings is 1. The quantitative estimate of drug-likeness (QED) is 0.880. The number of likely N-dealkylation sites (tertiary alicyclic amines) is 1. The summed E-state index contributed by atoms with van der Waals surface area (Å²) in [4.78, 5) is 2.60. The van der Waals surface area contributed by atoms with Crippen molar-refractivity contribution in [3.8, 4) is 0 Å². The van der Waals surface area contributed by atoms with E-state index in [1.165, 1.54) is 62.9 Å². The third-order valence-corrected chi connectivity index (χ3v) is 4.96. The number of nitrogens with one attached hydrogen (secondary N) is 1. The van der Waals surface area contributed by atoms with Gasteiger partial charge in [0.25, 0.3) is 0 Å². The largest absolute Gasteiger partial charge is 0.382 e. The number of nitrogens with zero attached hydrogens (tertiary/aromatic N) is 1. The molecule has 1 aromatic rings. The molecule has 110 valence electrons. The molecule has 1 saturated carbocycles. The van der Waals surface area contributed by atoms with Gasteiger partial charge in [-0.1, -0.05) is 31.9 Å². The van der Waals surface area contributed by atoms with Crippen LogP contribution in [0.2, 0.25) is 0 Å². The Balaban J connectivity index is 1.50. The summed E-state index contributed by atoms with van der Waals surface area (Å²) in [5, 5.41) is 3.66. The van der Waals surface area contributed by atoms with Crippen LogP contribution in [0, 0.1) is 5.92 Å². The van der Waals surface area contributed by atoms with Crippen LogP contribution in [-0.4, -0.2) is 24.0 Å². The van der Waals surface area contributed by atoms with Gasteiger partial charge in [-0.25, -0.2) is 0 Å². The summed E-state index contributed by atoms with van der Waals surface area (Å²) in [6, 6.07) is 9.84. The molecule has 1 heterocycles. The monoisotopic (exact) mass is 272 g/mol. The first kappa shape index (κ1) is 13.9. The fourth-order valence-corrected chi connectivity index (χ4v) is 3.49. The van der Waals surface area contributed by atoms with Gasteiger partial charge in [0.2, 0.25) is 0 Å². The van der Waals surface area contributed by atoms with Gasteiger partial charge in [0.1, 0.15) is 0 Å². The minimum atomic E-state index is 0.712. The lowest BCUT2D eigenvalue weighted by Crippen LogP contribution is -2.32. The van der Waals surface area contributed by atoms with E-state index in [9.17, 15) is 0 Å². The first-order chi connectivity index (χ1) is 9.79. The van der Waals surface area contributed by atoms with Gasteiger partial charge in [-0.05, 0) is 62.4 Å². The van der Waals surface area contributed by atoms with Gasteiger partial charge < -0.3 is 5.32 Å². The van der Waals surface area contributed by atoms with E-state index in [-0.39, 0.29) is 0 Å². The second-order valence-corrected chi connectivity index (χ2v) is 6.78. The molecule has 2 heteroatoms. The van der Waals surface area contributed by atoms with Crippen LogP contribution in [0.3, 0.4) is 0 Å². The molecule has 1 aliphatic carbocycles. The molecule has 0 aromatic heterocycles. The number of piperidine rings is 1. The van der Waals surface area contributed by atoms with Gasteiger partial charge in [-0.2, -0.15) is 0 Å². The van der Waals surface area contributed by atoms with Crippen molar-refractivity contribution in [2.75, 3.05) is 18.4 Å². The highest BCUT2D eigenvalue weighted by molar-refractivity contribution is 5.45. The average Bonchev–Trinajstić information content (AvgIpc) is 2.96. The fraction of sp³-hybridized carbons (Fsp3) is 0.667. The lowest BCUT2D eigenvalue weighted by molar-refractivity contribution is 0.185. The van der Waals surface area contributed by atoms with Crippen molar-refractivity contribution in [1.29, 1.82) is 0 Å². The smallest absolute Gasteiger partial charge is 0.0342 e. The highest BCUT2D eigenvalue weighted by Gasteiger charge is 2.16. The normalized spacial score (nSPS) is 22.2. The summed E-state index contributed by atoms with van der Waals surface area (Å²) < 4.78 is 0. The summed E-state index contributed by atoms with van der Waals surface area (Å²) in [6.45, 7) is 6.03. The molecule has 0 atom stereocenters. The van der Waals surface area contributed by atoms with Gasteiger partial charge in [0.15, 0.2) is 0 Å². The molecule has 2 aliphatic rings. The number of hydrogen-bond donors (Lipinski definition) is 1. The molecule has 0 radical (unpaired) electrons. The Kier molecular flexibility index (Phi) is 4.62. The SMILES string of the molecule is CC1CCN(Cc2ccc(NC3CCCC3)cc2)CC1. The van der Waals surface area contributed by atoms with E-state index in [1.807, 2.05) is 0 Å². The predicted molar refractivity (Wildman–Crippen MR) is 86.0 cm³/mol. The Bertz CT molecular complexity index is 398. The van der Waals surface area contributed by atoms with Gasteiger partial charge >= 0.3 is 0 Å². The van der Waals surface area contributed by atoms with Crippen molar-refractivity contribution in [2.45, 2.75) is 58.0 Å². The highest BCUT2D eigenvalue weighted by Crippen LogP contribution is 2.23. The third kappa shape index (κ3) is 3.76. The van der Waals surface area contributed by atoms with Crippen molar-refractivity contribution in [2.24, 2.45) is 5.92 Å². The molecule has 1 aromatic carbocycles. The van der Waals surface area contributed by atoms with Crippen LogP contribution in [0.25, 0.3) is 0 Å². The van der Waals surface area contributed by atoms with Crippen LogP contribution in [-0.2, 0) is 6.54 Å². The molecule has 2 nitrogen and oxygen atoms in total. The highest BCUT2D eigenvalue weighted by atomic mass is 15.1. The number of rotatable bonds is 4. The molecule has 1 saturated heterocycles. The van der Waals surface area contributed by atoms with Crippen LogP contribution >= 0.6 is 0 Å². The summed E-state index contributed by atoms with van der Waals surface area (Å²) >= 11 is 0. The van der Waals surface area contributed by atoms with Crippen LogP contribution in [0.15, 0.2) is 24.3 Å². The summed E-state index contributed by atoms with van der Waals surface area (Å²) in [5.74, 6) is 0.921. The zero-order chi connectivity index (χ0) is 13.8. The first-order valence-electron chi connectivity index (χ1n) is 8.37. The van der Waals surface area contributed by atoms with E-state index in [2.05, 4.69) is 41.4 Å². The number of anilines is 1. The van der Waals surface area contributed by atoms with Crippen molar-refractivity contribution in [1.82, 2.24) is 4.90 Å². The molecule has 0 bridgehead atoms. The Morgan fingerprint density at radius 2 is 1.65 bits per heavy atom. The van der Waals surface area contributed by atoms with Gasteiger partial charge in [-0.15, -0.1) is 0 Å². The van der Waals surface area contributed by atoms with E-state index < -0.39 is 0 Å². The van der Waals surface area contributed by atoms with E-state index in [4.69, 9.17) is 0 Å². The molecular weight excluding hydrogens is 244 g/mol. The summed E-state index contributed by atoms with van der Waals surface area (Å²) in [7, 11) is 0. The van der Waals surface area contributed by atoms with Crippen LogP contribution in [0.1, 0.15) is 51.0 Å². The Hall–Kier alpha value is -1.02. The minimum absolute atomic E-state index is 0.712. The van der Waals surface area contributed by atoms with Gasteiger partial charge in [0, 0.05) is 18.3 Å². The van der Waals surface area contributed by atoms with Gasteiger partial charge in [-0.3, -0.25) is 4.90 Å². The molecule has 1 N–H and O–H groups in total. The predicted octanol–water partition coefficient (Wildman–Crippen LogP) is 4.27. The van der Waals surface area contributed by atoms with Crippen LogP contribution in [0.4, 0.5) is 5.69 Å². The molecule has 3 rings (SSSR count). The molecule has 2 fully saturated rings. The Morgan fingerprint density at radius 1 is 1.00 bits per heavy atom. The van der Waals surface area contributed by atoms with E-state index in [1.54, 1.807) is 0 Å². The maximum Gasteiger partial charge on any atom is 0.0342 e. The standard InChI is InChI=1S/C18H28N2/c1-15-10-12-20(13-11-15)14-16-6-8-18(9-7-16)19-17-4-2-3-5-17/h6-9,15,17,19H,2-5,10-14H2,1H3. The van der Waals surface area contributed by atoms with Crippen molar-refractivity contribution in [3.05, 3.63) is 29.8 Å². The minimum Gasteiger partial charge on any atom is -0.382 e. The zero-order valence-electron chi connectivity index (χ0n) is 12.8. The summed E-state index contributed by atoms with van der Waals surface area (Å²) in [6.07, 6.45) is 8.19. The molecular formula is C18H28N2. The van der Waals surface area contributed by atoms with Crippen molar-refractivity contribution < 1.29 is 0 Å². The maximum absolute atomic E-state index is 3.66. The molecule has 0 spiro atoms. The number of hydrogen-bond acceptors (Lipinski definition) is 2. The molecule has 1 aliphatic heterocycles. The van der Waals surface area contributed by atoms with E-state index in [0.717, 1.165) is 12.5 Å². The summed E-state index contributed by atoms with van der Waals surface area (Å²) in [5.41, 5.74) is 2.75. The lowest BCUT2D eigenvalue weighted by atomic mass is 9.99. The average molecular weight is 272 g/mol. The maximum atomic E-state index is 3.66.